The van der Waals surface area contributed by atoms with Crippen molar-refractivity contribution in [1.29, 1.82) is 0 Å². The average Bonchev–Trinajstić information content (AvgIpc) is 2.86. The first-order chi connectivity index (χ1) is 9.01. The summed E-state index contributed by atoms with van der Waals surface area (Å²) in [6.45, 7) is 1.89. The Morgan fingerprint density at radius 2 is 2.26 bits per heavy atom. The molecule has 1 heterocycles. The minimum atomic E-state index is -0.709. The van der Waals surface area contributed by atoms with Gasteiger partial charge in [0.2, 0.25) is 0 Å². The highest BCUT2D eigenvalue weighted by molar-refractivity contribution is 6.20. The van der Waals surface area contributed by atoms with Gasteiger partial charge in [0, 0.05) is 12.1 Å². The topological polar surface area (TPSA) is 73.8 Å². The van der Waals surface area contributed by atoms with Crippen LogP contribution in [0, 0.1) is 15.9 Å². The van der Waals surface area contributed by atoms with Gasteiger partial charge in [-0.2, -0.15) is 0 Å². The molecule has 0 aliphatic rings. The van der Waals surface area contributed by atoms with Gasteiger partial charge in [0.1, 0.15) is 11.5 Å². The van der Waals surface area contributed by atoms with Crippen molar-refractivity contribution in [3.63, 3.8) is 0 Å². The number of nitrogens with zero attached hydrogens (tertiary/aromatic N) is 4. The lowest BCUT2D eigenvalue weighted by atomic mass is 10.2. The molecule has 0 aliphatic heterocycles. The number of hydrogen-bond acceptors (Lipinski definition) is 4. The third-order valence-electron chi connectivity index (χ3n) is 2.53. The summed E-state index contributed by atoms with van der Waals surface area (Å²) < 4.78 is 14.6. The van der Waals surface area contributed by atoms with E-state index < -0.39 is 10.7 Å². The van der Waals surface area contributed by atoms with E-state index >= 15 is 0 Å². The predicted octanol–water partition coefficient (Wildman–Crippen LogP) is 3.00. The second-order valence-electron chi connectivity index (χ2n) is 3.89. The van der Waals surface area contributed by atoms with Crippen LogP contribution in [0.4, 0.5) is 10.1 Å². The van der Waals surface area contributed by atoms with Crippen LogP contribution in [-0.4, -0.2) is 19.9 Å². The van der Waals surface area contributed by atoms with Crippen LogP contribution in [0.1, 0.15) is 24.4 Å². The van der Waals surface area contributed by atoms with E-state index in [0.717, 1.165) is 12.1 Å². The largest absolute Gasteiger partial charge is 0.274 e. The van der Waals surface area contributed by atoms with Crippen LogP contribution < -0.4 is 0 Å². The maximum Gasteiger partial charge on any atom is 0.274 e. The Bertz CT molecular complexity index is 616. The van der Waals surface area contributed by atoms with Crippen LogP contribution in [0.5, 0.6) is 0 Å². The molecule has 0 bridgehead atoms. The van der Waals surface area contributed by atoms with Gasteiger partial charge in [-0.05, 0) is 6.42 Å². The van der Waals surface area contributed by atoms with E-state index in [1.165, 1.54) is 16.9 Å². The average molecular weight is 285 g/mol. The second kappa shape index (κ2) is 5.31. The molecular weight excluding hydrogens is 275 g/mol. The van der Waals surface area contributed by atoms with Crippen LogP contribution in [0.25, 0.3) is 5.69 Å². The molecule has 2 rings (SSSR count). The van der Waals surface area contributed by atoms with Crippen LogP contribution >= 0.6 is 11.6 Å². The van der Waals surface area contributed by atoms with Crippen molar-refractivity contribution >= 4 is 17.3 Å². The first-order valence-corrected chi connectivity index (χ1v) is 5.96. The molecule has 2 aromatic rings. The van der Waals surface area contributed by atoms with E-state index in [1.807, 2.05) is 6.92 Å². The third-order valence-corrected chi connectivity index (χ3v) is 3.07. The molecule has 6 nitrogen and oxygen atoms in total. The van der Waals surface area contributed by atoms with Gasteiger partial charge < -0.3 is 0 Å². The molecule has 0 saturated carbocycles. The molecule has 1 unspecified atom stereocenters. The Labute approximate surface area is 113 Å². The van der Waals surface area contributed by atoms with Crippen molar-refractivity contribution < 1.29 is 9.31 Å². The summed E-state index contributed by atoms with van der Waals surface area (Å²) in [5.41, 5.74) is 0.423. The quantitative estimate of drug-likeness (QED) is 0.491. The summed E-state index contributed by atoms with van der Waals surface area (Å²) in [5.74, 6) is -0.709. The van der Waals surface area contributed by atoms with Gasteiger partial charge in [-0.25, -0.2) is 9.07 Å². The van der Waals surface area contributed by atoms with E-state index in [2.05, 4.69) is 10.3 Å². The zero-order chi connectivity index (χ0) is 14.0. The van der Waals surface area contributed by atoms with E-state index in [1.54, 1.807) is 0 Å². The van der Waals surface area contributed by atoms with Gasteiger partial charge in [0.05, 0.1) is 28.3 Å². The first kappa shape index (κ1) is 13.4. The van der Waals surface area contributed by atoms with Crippen molar-refractivity contribution in [2.45, 2.75) is 18.7 Å². The number of alkyl halides is 1. The number of aromatic nitrogens is 3. The normalized spacial score (nSPS) is 12.4. The molecule has 0 radical (unpaired) electrons. The molecule has 1 aromatic carbocycles. The van der Waals surface area contributed by atoms with Crippen molar-refractivity contribution in [3.05, 3.63) is 46.0 Å². The molecule has 0 N–H and O–H groups in total. The molecule has 19 heavy (non-hydrogen) atoms. The SMILES string of the molecule is CCC(Cl)c1cn(-c2cc(F)cc([N+](=O)[O-])c2)nn1. The summed E-state index contributed by atoms with van der Waals surface area (Å²) in [5, 5.41) is 18.0. The lowest BCUT2D eigenvalue weighted by Crippen LogP contribution is -1.98. The Kier molecular flexibility index (Phi) is 3.75. The number of halogens is 2. The highest BCUT2D eigenvalue weighted by Crippen LogP contribution is 2.23. The fourth-order valence-corrected chi connectivity index (χ4v) is 1.65. The van der Waals surface area contributed by atoms with E-state index in [4.69, 9.17) is 11.6 Å². The van der Waals surface area contributed by atoms with Crippen molar-refractivity contribution in [1.82, 2.24) is 15.0 Å². The van der Waals surface area contributed by atoms with E-state index in [0.29, 0.717) is 12.1 Å². The number of rotatable bonds is 4. The number of non-ortho nitro benzene ring substituents is 1. The van der Waals surface area contributed by atoms with Crippen molar-refractivity contribution in [2.24, 2.45) is 0 Å². The predicted molar refractivity (Wildman–Crippen MR) is 66.9 cm³/mol. The van der Waals surface area contributed by atoms with Gasteiger partial charge in [-0.15, -0.1) is 16.7 Å². The number of nitro groups is 1. The molecule has 0 fully saturated rings. The van der Waals surface area contributed by atoms with Crippen molar-refractivity contribution in [3.8, 4) is 5.69 Å². The molecule has 1 atom stereocenters. The monoisotopic (exact) mass is 284 g/mol. The lowest BCUT2D eigenvalue weighted by Gasteiger charge is -2.01. The molecule has 100 valence electrons. The molecule has 0 amide bonds. The molecule has 8 heteroatoms. The first-order valence-electron chi connectivity index (χ1n) is 5.53. The lowest BCUT2D eigenvalue weighted by molar-refractivity contribution is -0.385. The second-order valence-corrected chi connectivity index (χ2v) is 4.42. The van der Waals surface area contributed by atoms with Gasteiger partial charge in [-0.1, -0.05) is 12.1 Å². The Balaban J connectivity index is 2.41. The van der Waals surface area contributed by atoms with Gasteiger partial charge in [0.15, 0.2) is 0 Å². The third kappa shape index (κ3) is 2.87. The van der Waals surface area contributed by atoms with Crippen LogP contribution in [-0.2, 0) is 0 Å². The zero-order valence-electron chi connectivity index (χ0n) is 9.96. The fourth-order valence-electron chi connectivity index (χ4n) is 1.55. The number of benzene rings is 1. The smallest absolute Gasteiger partial charge is 0.258 e. The Hall–Kier alpha value is -2.02. The standard InChI is InChI=1S/C11H10ClFN4O2/c1-2-10(12)11-6-16(15-14-11)8-3-7(13)4-9(5-8)17(18)19/h3-6,10H,2H2,1H3. The molecule has 0 spiro atoms. The minimum absolute atomic E-state index is 0.227. The highest BCUT2D eigenvalue weighted by Gasteiger charge is 2.14. The maximum absolute atomic E-state index is 13.3. The summed E-state index contributed by atoms with van der Waals surface area (Å²) >= 11 is 6.01. The van der Waals surface area contributed by atoms with Crippen LogP contribution in [0.15, 0.2) is 24.4 Å². The zero-order valence-corrected chi connectivity index (χ0v) is 10.7. The van der Waals surface area contributed by atoms with Gasteiger partial charge >= 0.3 is 0 Å². The van der Waals surface area contributed by atoms with Crippen LogP contribution in [0.3, 0.4) is 0 Å². The summed E-state index contributed by atoms with van der Waals surface area (Å²) in [4.78, 5) is 10.0. The summed E-state index contributed by atoms with van der Waals surface area (Å²) in [7, 11) is 0. The Morgan fingerprint density at radius 1 is 1.53 bits per heavy atom. The maximum atomic E-state index is 13.3. The minimum Gasteiger partial charge on any atom is -0.258 e. The van der Waals surface area contributed by atoms with Crippen LogP contribution in [0.2, 0.25) is 0 Å². The van der Waals surface area contributed by atoms with Gasteiger partial charge in [0.25, 0.3) is 5.69 Å². The fraction of sp³-hybridized carbons (Fsp3) is 0.273. The molecule has 0 saturated heterocycles. The van der Waals surface area contributed by atoms with E-state index in [9.17, 15) is 14.5 Å². The van der Waals surface area contributed by atoms with Gasteiger partial charge in [-0.3, -0.25) is 10.1 Å². The number of nitro benzene ring substituents is 1. The highest BCUT2D eigenvalue weighted by atomic mass is 35.5. The molecule has 1 aromatic heterocycles. The Morgan fingerprint density at radius 3 is 2.89 bits per heavy atom. The summed E-state index contributed by atoms with van der Waals surface area (Å²) in [6.07, 6.45) is 2.20. The van der Waals surface area contributed by atoms with E-state index in [-0.39, 0.29) is 16.8 Å². The van der Waals surface area contributed by atoms with Crippen molar-refractivity contribution in [2.75, 3.05) is 0 Å². The number of hydrogen-bond donors (Lipinski definition) is 0. The summed E-state index contributed by atoms with van der Waals surface area (Å²) in [6, 6.07) is 3.20. The molecule has 0 aliphatic carbocycles. The molecular formula is C11H10ClFN4O2.